The Morgan fingerprint density at radius 2 is 2.17 bits per heavy atom. The van der Waals surface area contributed by atoms with Crippen molar-refractivity contribution in [3.05, 3.63) is 34.3 Å². The Morgan fingerprint density at radius 1 is 1.48 bits per heavy atom. The Kier molecular flexibility index (Phi) is 5.43. The molecule has 0 aliphatic carbocycles. The number of aliphatic carboxylic acids is 1. The molecule has 1 aromatic carbocycles. The fourth-order valence-corrected chi connectivity index (χ4v) is 4.09. The van der Waals surface area contributed by atoms with Gasteiger partial charge in [0.1, 0.15) is 6.04 Å². The Hall–Kier alpha value is -1.45. The lowest BCUT2D eigenvalue weighted by Crippen LogP contribution is -2.44. The highest BCUT2D eigenvalue weighted by atomic mass is 79.9. The number of sulfonamides is 1. The zero-order valence-electron chi connectivity index (χ0n) is 12.2. The van der Waals surface area contributed by atoms with Crippen LogP contribution in [0.4, 0.5) is 0 Å². The Balaban J connectivity index is 2.15. The van der Waals surface area contributed by atoms with E-state index in [1.54, 1.807) is 18.2 Å². The van der Waals surface area contributed by atoms with Crippen LogP contribution in [0.25, 0.3) is 0 Å². The third kappa shape index (κ3) is 5.02. The monoisotopic (exact) mass is 404 g/mol. The molecular weight excluding hydrogens is 388 g/mol. The summed E-state index contributed by atoms with van der Waals surface area (Å²) < 4.78 is 23.1. The molecule has 1 fully saturated rings. The van der Waals surface area contributed by atoms with Crippen molar-refractivity contribution < 1.29 is 23.1 Å². The number of carbonyl (C=O) groups excluding carboxylic acids is 1. The SMILES string of the molecule is NS(=O)(=O)CC1CC(=O)N([C@@H](Cc2cccc(Br)c2)C(=O)O)C1. The molecule has 1 aromatic rings. The largest absolute Gasteiger partial charge is 0.480 e. The number of nitrogens with zero attached hydrogens (tertiary/aromatic N) is 1. The van der Waals surface area contributed by atoms with Crippen LogP contribution in [0.15, 0.2) is 28.7 Å². The third-order valence-electron chi connectivity index (χ3n) is 3.69. The standard InChI is InChI=1S/C14H17BrN2O5S/c15-11-3-1-2-9(4-11)5-12(14(19)20)17-7-10(6-13(17)18)8-23(16,21)22/h1-4,10,12H,5-8H2,(H,19,20)(H2,16,21,22)/t10?,12-/m0/s1. The highest BCUT2D eigenvalue weighted by Gasteiger charge is 2.38. The van der Waals surface area contributed by atoms with Crippen LogP contribution >= 0.6 is 15.9 Å². The average Bonchev–Trinajstić information content (AvgIpc) is 2.74. The van der Waals surface area contributed by atoms with Gasteiger partial charge >= 0.3 is 5.97 Å². The van der Waals surface area contributed by atoms with Gasteiger partial charge < -0.3 is 10.0 Å². The number of carbonyl (C=O) groups is 2. The number of rotatable bonds is 6. The van der Waals surface area contributed by atoms with Crippen molar-refractivity contribution in [2.24, 2.45) is 11.1 Å². The van der Waals surface area contributed by atoms with E-state index in [-0.39, 0.29) is 31.0 Å². The minimum atomic E-state index is -3.70. The molecule has 0 radical (unpaired) electrons. The average molecular weight is 405 g/mol. The molecule has 1 aliphatic rings. The number of likely N-dealkylation sites (tertiary alicyclic amines) is 1. The van der Waals surface area contributed by atoms with Crippen molar-refractivity contribution >= 4 is 37.8 Å². The van der Waals surface area contributed by atoms with Crippen molar-refractivity contribution in [2.75, 3.05) is 12.3 Å². The van der Waals surface area contributed by atoms with Gasteiger partial charge in [-0.3, -0.25) is 4.79 Å². The summed E-state index contributed by atoms with van der Waals surface area (Å²) in [4.78, 5) is 24.9. The zero-order chi connectivity index (χ0) is 17.2. The maximum Gasteiger partial charge on any atom is 0.326 e. The fourth-order valence-electron chi connectivity index (χ4n) is 2.77. The van der Waals surface area contributed by atoms with Crippen molar-refractivity contribution in [3.8, 4) is 0 Å². The second-order valence-corrected chi connectivity index (χ2v) is 8.21. The van der Waals surface area contributed by atoms with Crippen LogP contribution in [0.3, 0.4) is 0 Å². The Labute approximate surface area is 142 Å². The molecule has 1 amide bonds. The molecule has 7 nitrogen and oxygen atoms in total. The molecular formula is C14H17BrN2O5S. The van der Waals surface area contributed by atoms with Crippen LogP contribution in [0.1, 0.15) is 12.0 Å². The number of carboxylic acid groups (broad SMARTS) is 1. The predicted octanol–water partition coefficient (Wildman–Crippen LogP) is 0.582. The first-order chi connectivity index (χ1) is 10.7. The summed E-state index contributed by atoms with van der Waals surface area (Å²) >= 11 is 3.32. The summed E-state index contributed by atoms with van der Waals surface area (Å²) in [5, 5.41) is 14.5. The molecule has 1 unspecified atom stereocenters. The fraction of sp³-hybridized carbons (Fsp3) is 0.429. The lowest BCUT2D eigenvalue weighted by Gasteiger charge is -2.25. The number of carboxylic acids is 1. The molecule has 1 aliphatic heterocycles. The Bertz CT molecular complexity index is 722. The van der Waals surface area contributed by atoms with Crippen LogP contribution in [0.2, 0.25) is 0 Å². The third-order valence-corrected chi connectivity index (χ3v) is 5.12. The minimum Gasteiger partial charge on any atom is -0.480 e. The lowest BCUT2D eigenvalue weighted by atomic mass is 10.0. The van der Waals surface area contributed by atoms with Gasteiger partial charge in [0, 0.05) is 29.8 Å². The first kappa shape index (κ1) is 17.9. The molecule has 0 saturated carbocycles. The van der Waals surface area contributed by atoms with E-state index in [1.165, 1.54) is 4.90 Å². The molecule has 9 heteroatoms. The van der Waals surface area contributed by atoms with Crippen LogP contribution in [0.5, 0.6) is 0 Å². The minimum absolute atomic E-state index is 0.00130. The number of benzene rings is 1. The highest BCUT2D eigenvalue weighted by molar-refractivity contribution is 9.10. The molecule has 2 rings (SSSR count). The number of amides is 1. The summed E-state index contributed by atoms with van der Waals surface area (Å²) in [5.41, 5.74) is 0.773. The van der Waals surface area contributed by atoms with E-state index in [0.717, 1.165) is 10.0 Å². The van der Waals surface area contributed by atoms with Gasteiger partial charge in [-0.2, -0.15) is 0 Å². The van der Waals surface area contributed by atoms with Gasteiger partial charge in [0.25, 0.3) is 0 Å². The molecule has 2 atom stereocenters. The molecule has 0 bridgehead atoms. The number of nitrogens with two attached hydrogens (primary N) is 1. The first-order valence-corrected chi connectivity index (χ1v) is 9.44. The van der Waals surface area contributed by atoms with Crippen LogP contribution < -0.4 is 5.14 Å². The van der Waals surface area contributed by atoms with E-state index in [1.807, 2.05) is 6.07 Å². The van der Waals surface area contributed by atoms with Gasteiger partial charge in [-0.05, 0) is 17.7 Å². The molecule has 1 heterocycles. The lowest BCUT2D eigenvalue weighted by molar-refractivity contribution is -0.148. The van der Waals surface area contributed by atoms with E-state index in [9.17, 15) is 23.1 Å². The van der Waals surface area contributed by atoms with Crippen LogP contribution in [-0.4, -0.2) is 48.6 Å². The number of primary sulfonamides is 1. The second-order valence-electron chi connectivity index (χ2n) is 5.63. The smallest absolute Gasteiger partial charge is 0.326 e. The number of halogens is 1. The van der Waals surface area contributed by atoms with Crippen LogP contribution in [-0.2, 0) is 26.0 Å². The Morgan fingerprint density at radius 3 is 2.74 bits per heavy atom. The van der Waals surface area contributed by atoms with E-state index in [0.29, 0.717) is 0 Å². The van der Waals surface area contributed by atoms with Gasteiger partial charge in [0.15, 0.2) is 0 Å². The maximum absolute atomic E-state index is 12.1. The van der Waals surface area contributed by atoms with E-state index < -0.39 is 28.0 Å². The van der Waals surface area contributed by atoms with Crippen molar-refractivity contribution in [2.45, 2.75) is 18.9 Å². The normalized spacial score (nSPS) is 19.8. The van der Waals surface area contributed by atoms with Crippen molar-refractivity contribution in [1.29, 1.82) is 0 Å². The van der Waals surface area contributed by atoms with Crippen molar-refractivity contribution in [1.82, 2.24) is 4.90 Å². The topological polar surface area (TPSA) is 118 Å². The summed E-state index contributed by atoms with van der Waals surface area (Å²) in [6.07, 6.45) is 0.154. The second kappa shape index (κ2) is 6.98. The van der Waals surface area contributed by atoms with E-state index in [4.69, 9.17) is 5.14 Å². The molecule has 0 spiro atoms. The van der Waals surface area contributed by atoms with E-state index in [2.05, 4.69) is 15.9 Å². The van der Waals surface area contributed by atoms with Gasteiger partial charge in [-0.25, -0.2) is 18.4 Å². The van der Waals surface area contributed by atoms with Gasteiger partial charge in [0.2, 0.25) is 15.9 Å². The summed E-state index contributed by atoms with van der Waals surface area (Å²) in [5.74, 6) is -2.27. The maximum atomic E-state index is 12.1. The van der Waals surface area contributed by atoms with Crippen molar-refractivity contribution in [3.63, 3.8) is 0 Å². The van der Waals surface area contributed by atoms with E-state index >= 15 is 0 Å². The predicted molar refractivity (Wildman–Crippen MR) is 87.1 cm³/mol. The van der Waals surface area contributed by atoms with Gasteiger partial charge in [-0.1, -0.05) is 28.1 Å². The zero-order valence-corrected chi connectivity index (χ0v) is 14.6. The first-order valence-electron chi connectivity index (χ1n) is 6.93. The molecule has 126 valence electrons. The molecule has 23 heavy (non-hydrogen) atoms. The van der Waals surface area contributed by atoms with Gasteiger partial charge in [-0.15, -0.1) is 0 Å². The highest BCUT2D eigenvalue weighted by Crippen LogP contribution is 2.24. The van der Waals surface area contributed by atoms with Crippen LogP contribution in [0, 0.1) is 5.92 Å². The summed E-state index contributed by atoms with van der Waals surface area (Å²) in [7, 11) is -3.70. The summed E-state index contributed by atoms with van der Waals surface area (Å²) in [6.45, 7) is 0.0836. The number of hydrogen-bond donors (Lipinski definition) is 2. The quantitative estimate of drug-likeness (QED) is 0.718. The van der Waals surface area contributed by atoms with Gasteiger partial charge in [0.05, 0.1) is 5.75 Å². The molecule has 0 aromatic heterocycles. The molecule has 1 saturated heterocycles. The summed E-state index contributed by atoms with van der Waals surface area (Å²) in [6, 6.07) is 6.15. The molecule has 3 N–H and O–H groups in total. The number of hydrogen-bond acceptors (Lipinski definition) is 4.